The van der Waals surface area contributed by atoms with E-state index in [0.29, 0.717) is 10.9 Å². The first-order valence-electron chi connectivity index (χ1n) is 8.25. The minimum atomic E-state index is -0.222. The van der Waals surface area contributed by atoms with E-state index in [9.17, 15) is 14.8 Å². The van der Waals surface area contributed by atoms with Gasteiger partial charge in [0.05, 0.1) is 17.6 Å². The molecule has 24 heavy (non-hydrogen) atoms. The van der Waals surface area contributed by atoms with Crippen LogP contribution in [0.15, 0.2) is 24.3 Å². The molecule has 1 amide bonds. The van der Waals surface area contributed by atoms with Crippen LogP contribution in [-0.4, -0.2) is 38.8 Å². The lowest BCUT2D eigenvalue weighted by Crippen LogP contribution is -2.33. The molecule has 3 rings (SSSR count). The SMILES string of the molecule is CC1(COc2ccc(CN3C(=O)CS[N+]3=O)cc2)CCCC(O)C1. The summed E-state index contributed by atoms with van der Waals surface area (Å²) in [4.78, 5) is 23.1. The second kappa shape index (κ2) is 7.11. The quantitative estimate of drug-likeness (QED) is 0.652. The molecule has 1 N–H and O–H groups in total. The van der Waals surface area contributed by atoms with Gasteiger partial charge in [-0.3, -0.25) is 4.79 Å². The molecule has 1 aromatic carbocycles. The van der Waals surface area contributed by atoms with Crippen molar-refractivity contribution < 1.29 is 18.9 Å². The molecule has 130 valence electrons. The highest BCUT2D eigenvalue weighted by molar-refractivity contribution is 7.94. The Morgan fingerprint density at radius 2 is 2.17 bits per heavy atom. The summed E-state index contributed by atoms with van der Waals surface area (Å²) in [5.41, 5.74) is 0.900. The molecule has 1 saturated carbocycles. The van der Waals surface area contributed by atoms with Crippen molar-refractivity contribution in [1.29, 1.82) is 0 Å². The summed E-state index contributed by atoms with van der Waals surface area (Å²) in [6.07, 6.45) is 3.54. The van der Waals surface area contributed by atoms with Gasteiger partial charge in [0.1, 0.15) is 12.3 Å². The monoisotopic (exact) mass is 351 g/mol. The van der Waals surface area contributed by atoms with Crippen LogP contribution < -0.4 is 4.74 Å². The molecule has 1 aromatic rings. The minimum Gasteiger partial charge on any atom is -0.493 e. The number of hydrogen-bond donors (Lipinski definition) is 1. The van der Waals surface area contributed by atoms with Gasteiger partial charge < -0.3 is 9.84 Å². The fourth-order valence-corrected chi connectivity index (χ4v) is 3.94. The van der Waals surface area contributed by atoms with E-state index in [1.54, 1.807) is 0 Å². The number of hydrogen-bond acceptors (Lipinski definition) is 5. The molecule has 1 aliphatic heterocycles. The van der Waals surface area contributed by atoms with Crippen molar-refractivity contribution in [3.8, 4) is 5.75 Å². The maximum atomic E-state index is 11.6. The van der Waals surface area contributed by atoms with E-state index in [1.807, 2.05) is 24.3 Å². The number of aliphatic hydroxyl groups excluding tert-OH is 1. The van der Waals surface area contributed by atoms with E-state index in [-0.39, 0.29) is 29.7 Å². The normalized spacial score (nSPS) is 27.6. The third kappa shape index (κ3) is 4.08. The van der Waals surface area contributed by atoms with Gasteiger partial charge in [-0.2, -0.15) is 0 Å². The van der Waals surface area contributed by atoms with Crippen LogP contribution >= 0.6 is 11.9 Å². The average molecular weight is 351 g/mol. The van der Waals surface area contributed by atoms with Gasteiger partial charge in [0.15, 0.2) is 5.75 Å². The molecule has 0 aromatic heterocycles. The van der Waals surface area contributed by atoms with Gasteiger partial charge in [0.2, 0.25) is 4.27 Å². The van der Waals surface area contributed by atoms with E-state index >= 15 is 0 Å². The lowest BCUT2D eigenvalue weighted by atomic mass is 9.75. The minimum absolute atomic E-state index is 0.0125. The van der Waals surface area contributed by atoms with Crippen LogP contribution in [-0.2, 0) is 11.3 Å². The summed E-state index contributed by atoms with van der Waals surface area (Å²) in [5.74, 6) is 0.801. The van der Waals surface area contributed by atoms with Crippen molar-refractivity contribution in [1.82, 2.24) is 5.01 Å². The zero-order valence-corrected chi connectivity index (χ0v) is 14.6. The fraction of sp³-hybridized carbons (Fsp3) is 0.588. The molecule has 2 atom stereocenters. The van der Waals surface area contributed by atoms with Crippen LogP contribution in [0.25, 0.3) is 0 Å². The molecule has 2 unspecified atom stereocenters. The van der Waals surface area contributed by atoms with Gasteiger partial charge >= 0.3 is 0 Å². The topological polar surface area (TPSA) is 69.8 Å². The van der Waals surface area contributed by atoms with E-state index in [4.69, 9.17) is 4.74 Å². The van der Waals surface area contributed by atoms with Gasteiger partial charge in [-0.1, -0.05) is 30.5 Å². The van der Waals surface area contributed by atoms with Gasteiger partial charge in [0, 0.05) is 5.41 Å². The zero-order chi connectivity index (χ0) is 17.2. The molecule has 1 saturated heterocycles. The molecular formula is C17H23N2O4S+. The van der Waals surface area contributed by atoms with E-state index in [2.05, 4.69) is 6.92 Å². The number of benzene rings is 1. The van der Waals surface area contributed by atoms with E-state index < -0.39 is 0 Å². The highest BCUT2D eigenvalue weighted by atomic mass is 32.2. The molecular weight excluding hydrogens is 328 g/mol. The summed E-state index contributed by atoms with van der Waals surface area (Å²) in [6, 6.07) is 7.47. The molecule has 2 fully saturated rings. The smallest absolute Gasteiger partial charge is 0.300 e. The molecule has 7 heteroatoms. The predicted octanol–water partition coefficient (Wildman–Crippen LogP) is 2.69. The van der Waals surface area contributed by atoms with Crippen molar-refractivity contribution in [2.75, 3.05) is 12.4 Å². The summed E-state index contributed by atoms with van der Waals surface area (Å²) in [5, 5.41) is 11.0. The highest BCUT2D eigenvalue weighted by Crippen LogP contribution is 2.36. The van der Waals surface area contributed by atoms with E-state index in [0.717, 1.165) is 48.9 Å². The van der Waals surface area contributed by atoms with Crippen molar-refractivity contribution in [3.05, 3.63) is 34.7 Å². The molecule has 1 heterocycles. The number of aliphatic hydroxyl groups is 1. The van der Waals surface area contributed by atoms with Crippen molar-refractivity contribution >= 4 is 17.9 Å². The highest BCUT2D eigenvalue weighted by Gasteiger charge is 2.39. The Kier molecular flexibility index (Phi) is 5.10. The number of rotatable bonds is 5. The Labute approximate surface area is 145 Å². The van der Waals surface area contributed by atoms with Crippen molar-refractivity contribution in [2.45, 2.75) is 45.3 Å². The Balaban J connectivity index is 1.55. The standard InChI is InChI=1S/C17H23N2O4S/c1-17(8-2-3-14(20)9-17)12-23-15-6-4-13(5-7-15)10-18-16(21)11-24-19(18)22/h4-7,14,20H,2-3,8-12H2,1H3/q+1. The molecule has 6 nitrogen and oxygen atoms in total. The summed E-state index contributed by atoms with van der Waals surface area (Å²) >= 11 is 0.968. The first-order valence-corrected chi connectivity index (χ1v) is 9.20. The number of carbonyl (C=O) groups excluding carboxylic acids is 1. The van der Waals surface area contributed by atoms with Crippen LogP contribution in [0.2, 0.25) is 0 Å². The Morgan fingerprint density at radius 3 is 2.79 bits per heavy atom. The number of hydrazine groups is 1. The Bertz CT molecular complexity index is 606. The lowest BCUT2D eigenvalue weighted by molar-refractivity contribution is -0.544. The third-order valence-electron chi connectivity index (χ3n) is 4.67. The predicted molar refractivity (Wildman–Crippen MR) is 91.2 cm³/mol. The summed E-state index contributed by atoms with van der Waals surface area (Å²) in [7, 11) is 0. The van der Waals surface area contributed by atoms with Crippen LogP contribution in [0.5, 0.6) is 5.75 Å². The average Bonchev–Trinajstić information content (AvgIpc) is 2.86. The molecule has 0 bridgehead atoms. The second-order valence-electron chi connectivity index (χ2n) is 6.96. The largest absolute Gasteiger partial charge is 0.493 e. The van der Waals surface area contributed by atoms with Gasteiger partial charge in [-0.25, -0.2) is 0 Å². The number of nitrogens with zero attached hydrogens (tertiary/aromatic N) is 2. The van der Waals surface area contributed by atoms with Crippen molar-refractivity contribution in [2.24, 2.45) is 5.41 Å². The second-order valence-corrected chi connectivity index (χ2v) is 7.82. The third-order valence-corrected chi connectivity index (χ3v) is 5.47. The zero-order valence-electron chi connectivity index (χ0n) is 13.8. The number of amides is 1. The number of carbonyl (C=O) groups is 1. The molecule has 1 aliphatic carbocycles. The first-order chi connectivity index (χ1) is 11.5. The summed E-state index contributed by atoms with van der Waals surface area (Å²) in [6.45, 7) is 3.02. The van der Waals surface area contributed by atoms with Crippen LogP contribution in [0.4, 0.5) is 0 Å². The summed E-state index contributed by atoms with van der Waals surface area (Å²) < 4.78 is 6.54. The van der Waals surface area contributed by atoms with E-state index in [1.165, 1.54) is 5.01 Å². The lowest BCUT2D eigenvalue weighted by Gasteiger charge is -2.35. The maximum absolute atomic E-state index is 11.6. The van der Waals surface area contributed by atoms with Crippen LogP contribution in [0.3, 0.4) is 0 Å². The molecule has 0 spiro atoms. The van der Waals surface area contributed by atoms with Gasteiger partial charge in [-0.15, -0.1) is 0 Å². The maximum Gasteiger partial charge on any atom is 0.300 e. The van der Waals surface area contributed by atoms with Gasteiger partial charge in [0.25, 0.3) is 17.9 Å². The van der Waals surface area contributed by atoms with Crippen LogP contribution in [0.1, 0.15) is 38.2 Å². The Hall–Kier alpha value is -1.60. The number of ether oxygens (including phenoxy) is 1. The Morgan fingerprint density at radius 1 is 1.42 bits per heavy atom. The van der Waals surface area contributed by atoms with Crippen LogP contribution in [0, 0.1) is 10.3 Å². The number of nitroso groups, excluding NO2 is 1. The first kappa shape index (κ1) is 17.2. The van der Waals surface area contributed by atoms with Crippen molar-refractivity contribution in [3.63, 3.8) is 0 Å². The molecule has 2 aliphatic rings. The fourth-order valence-electron chi connectivity index (χ4n) is 3.28. The molecule has 0 radical (unpaired) electrons. The van der Waals surface area contributed by atoms with Gasteiger partial charge in [-0.05, 0) is 37.0 Å².